The van der Waals surface area contributed by atoms with Gasteiger partial charge in [0.05, 0.1) is 22.7 Å². The molecule has 0 fully saturated rings. The van der Waals surface area contributed by atoms with Gasteiger partial charge in [-0.2, -0.15) is 0 Å². The van der Waals surface area contributed by atoms with E-state index in [1.54, 1.807) is 24.5 Å². The SMILES string of the molecule is Cc1ccc(S(=O)C[C@H](O)c2ccncc2)cc1. The number of aromatic nitrogens is 1. The summed E-state index contributed by atoms with van der Waals surface area (Å²) in [7, 11) is -1.19. The van der Waals surface area contributed by atoms with Crippen molar-refractivity contribution in [3.05, 3.63) is 59.9 Å². The van der Waals surface area contributed by atoms with Gasteiger partial charge in [0, 0.05) is 17.3 Å². The van der Waals surface area contributed by atoms with Gasteiger partial charge in [-0.05, 0) is 36.8 Å². The van der Waals surface area contributed by atoms with Gasteiger partial charge in [-0.3, -0.25) is 9.19 Å². The van der Waals surface area contributed by atoms with Crippen molar-refractivity contribution in [3.8, 4) is 0 Å². The largest absolute Gasteiger partial charge is 0.387 e. The molecule has 4 heteroatoms. The molecule has 2 rings (SSSR count). The molecule has 0 saturated carbocycles. The predicted octanol–water partition coefficient (Wildman–Crippen LogP) is 2.23. The van der Waals surface area contributed by atoms with Crippen LogP contribution in [0.4, 0.5) is 0 Å². The molecule has 1 unspecified atom stereocenters. The van der Waals surface area contributed by atoms with Crippen LogP contribution in [0.25, 0.3) is 0 Å². The van der Waals surface area contributed by atoms with Crippen LogP contribution in [-0.2, 0) is 10.8 Å². The average Bonchev–Trinajstić information content (AvgIpc) is 2.40. The Labute approximate surface area is 109 Å². The summed E-state index contributed by atoms with van der Waals surface area (Å²) in [4.78, 5) is 4.63. The summed E-state index contributed by atoms with van der Waals surface area (Å²) in [5, 5.41) is 9.99. The highest BCUT2D eigenvalue weighted by Crippen LogP contribution is 2.16. The highest BCUT2D eigenvalue weighted by atomic mass is 32.2. The molecule has 0 aliphatic rings. The fourth-order valence-corrected chi connectivity index (χ4v) is 2.72. The molecule has 2 aromatic rings. The Morgan fingerprint density at radius 2 is 1.78 bits per heavy atom. The minimum Gasteiger partial charge on any atom is -0.387 e. The minimum absolute atomic E-state index is 0.201. The van der Waals surface area contributed by atoms with Crippen LogP contribution in [0.3, 0.4) is 0 Å². The average molecular weight is 261 g/mol. The van der Waals surface area contributed by atoms with Crippen molar-refractivity contribution >= 4 is 10.8 Å². The highest BCUT2D eigenvalue weighted by Gasteiger charge is 2.13. The van der Waals surface area contributed by atoms with Crippen LogP contribution in [0.15, 0.2) is 53.7 Å². The third-order valence-electron chi connectivity index (χ3n) is 2.68. The second-order valence-corrected chi connectivity index (χ2v) is 5.62. The Balaban J connectivity index is 2.06. The van der Waals surface area contributed by atoms with E-state index >= 15 is 0 Å². The highest BCUT2D eigenvalue weighted by molar-refractivity contribution is 7.85. The van der Waals surface area contributed by atoms with Crippen molar-refractivity contribution in [2.24, 2.45) is 0 Å². The second kappa shape index (κ2) is 5.89. The molecule has 0 aliphatic heterocycles. The molecular formula is C14H15NO2S. The maximum Gasteiger partial charge on any atom is 0.0909 e. The number of nitrogens with zero attached hydrogens (tertiary/aromatic N) is 1. The molecule has 1 aromatic heterocycles. The fraction of sp³-hybridized carbons (Fsp3) is 0.214. The topological polar surface area (TPSA) is 50.2 Å². The summed E-state index contributed by atoms with van der Waals surface area (Å²) < 4.78 is 12.1. The molecule has 0 amide bonds. The van der Waals surface area contributed by atoms with Gasteiger partial charge in [0.1, 0.15) is 0 Å². The monoisotopic (exact) mass is 261 g/mol. The van der Waals surface area contributed by atoms with Crippen LogP contribution in [0, 0.1) is 6.92 Å². The van der Waals surface area contributed by atoms with E-state index in [1.807, 2.05) is 31.2 Å². The molecule has 0 radical (unpaired) electrons. The van der Waals surface area contributed by atoms with E-state index in [-0.39, 0.29) is 5.75 Å². The molecule has 0 spiro atoms. The summed E-state index contributed by atoms with van der Waals surface area (Å²) in [6, 6.07) is 11.0. The molecule has 0 bridgehead atoms. The van der Waals surface area contributed by atoms with Gasteiger partial charge in [0.15, 0.2) is 0 Å². The van der Waals surface area contributed by atoms with Gasteiger partial charge in [-0.25, -0.2) is 0 Å². The van der Waals surface area contributed by atoms with Crippen LogP contribution in [0.2, 0.25) is 0 Å². The van der Waals surface area contributed by atoms with Gasteiger partial charge in [-0.15, -0.1) is 0 Å². The summed E-state index contributed by atoms with van der Waals surface area (Å²) in [6.07, 6.45) is 2.51. The molecule has 94 valence electrons. The molecule has 1 aromatic carbocycles. The lowest BCUT2D eigenvalue weighted by atomic mass is 10.2. The lowest BCUT2D eigenvalue weighted by molar-refractivity contribution is 0.203. The fourth-order valence-electron chi connectivity index (χ4n) is 1.61. The zero-order chi connectivity index (χ0) is 13.0. The van der Waals surface area contributed by atoms with Gasteiger partial charge >= 0.3 is 0 Å². The number of rotatable bonds is 4. The quantitative estimate of drug-likeness (QED) is 0.918. The van der Waals surface area contributed by atoms with E-state index in [0.717, 1.165) is 16.0 Å². The number of aliphatic hydroxyl groups is 1. The first-order valence-corrected chi connectivity index (χ1v) is 7.02. The summed E-state index contributed by atoms with van der Waals surface area (Å²) in [6.45, 7) is 1.98. The summed E-state index contributed by atoms with van der Waals surface area (Å²) in [5.74, 6) is 0.201. The molecule has 3 nitrogen and oxygen atoms in total. The normalized spacial score (nSPS) is 14.1. The van der Waals surface area contributed by atoms with Crippen LogP contribution in [-0.4, -0.2) is 20.1 Å². The van der Waals surface area contributed by atoms with Gasteiger partial charge in [0.2, 0.25) is 0 Å². The number of aliphatic hydroxyl groups excluding tert-OH is 1. The van der Waals surface area contributed by atoms with E-state index in [0.29, 0.717) is 0 Å². The maximum atomic E-state index is 12.1. The van der Waals surface area contributed by atoms with E-state index in [2.05, 4.69) is 4.98 Å². The van der Waals surface area contributed by atoms with Crippen molar-refractivity contribution in [2.75, 3.05) is 5.75 Å². The van der Waals surface area contributed by atoms with Gasteiger partial charge < -0.3 is 5.11 Å². The lowest BCUT2D eigenvalue weighted by Gasteiger charge is -2.10. The van der Waals surface area contributed by atoms with Crippen LogP contribution in [0.5, 0.6) is 0 Å². The zero-order valence-corrected chi connectivity index (χ0v) is 10.9. The van der Waals surface area contributed by atoms with E-state index in [4.69, 9.17) is 0 Å². The van der Waals surface area contributed by atoms with Crippen LogP contribution >= 0.6 is 0 Å². The predicted molar refractivity (Wildman–Crippen MR) is 71.7 cm³/mol. The standard InChI is InChI=1S/C14H15NO2S/c1-11-2-4-13(5-3-11)18(17)10-14(16)12-6-8-15-9-7-12/h2-9,14,16H,10H2,1H3/t14-,18?/m0/s1. The lowest BCUT2D eigenvalue weighted by Crippen LogP contribution is -2.09. The number of benzene rings is 1. The second-order valence-electron chi connectivity index (χ2n) is 4.12. The van der Waals surface area contributed by atoms with Gasteiger partial charge in [-0.1, -0.05) is 17.7 Å². The maximum absolute atomic E-state index is 12.1. The first-order valence-electron chi connectivity index (χ1n) is 5.70. The summed E-state index contributed by atoms with van der Waals surface area (Å²) >= 11 is 0. The van der Waals surface area contributed by atoms with E-state index in [1.165, 1.54) is 0 Å². The molecule has 1 N–H and O–H groups in total. The molecular weight excluding hydrogens is 246 g/mol. The minimum atomic E-state index is -1.19. The van der Waals surface area contributed by atoms with Crippen LogP contribution < -0.4 is 0 Å². The Hall–Kier alpha value is -1.52. The molecule has 0 saturated heterocycles. The van der Waals surface area contributed by atoms with E-state index < -0.39 is 16.9 Å². The van der Waals surface area contributed by atoms with Crippen molar-refractivity contribution in [3.63, 3.8) is 0 Å². The Morgan fingerprint density at radius 3 is 2.39 bits per heavy atom. The Bertz CT molecular complexity index is 525. The van der Waals surface area contributed by atoms with Crippen molar-refractivity contribution in [1.82, 2.24) is 4.98 Å². The molecule has 1 heterocycles. The Morgan fingerprint density at radius 1 is 1.17 bits per heavy atom. The first-order chi connectivity index (χ1) is 8.66. The zero-order valence-electron chi connectivity index (χ0n) is 10.1. The Kier molecular flexibility index (Phi) is 4.23. The molecule has 18 heavy (non-hydrogen) atoms. The number of pyridine rings is 1. The number of hydrogen-bond donors (Lipinski definition) is 1. The van der Waals surface area contributed by atoms with Gasteiger partial charge in [0.25, 0.3) is 0 Å². The number of hydrogen-bond acceptors (Lipinski definition) is 3. The van der Waals surface area contributed by atoms with E-state index in [9.17, 15) is 9.32 Å². The summed E-state index contributed by atoms with van der Waals surface area (Å²) in [5.41, 5.74) is 1.87. The number of aryl methyl sites for hydroxylation is 1. The first kappa shape index (κ1) is 12.9. The van der Waals surface area contributed by atoms with Crippen molar-refractivity contribution < 1.29 is 9.32 Å². The van der Waals surface area contributed by atoms with Crippen LogP contribution in [0.1, 0.15) is 17.2 Å². The smallest absolute Gasteiger partial charge is 0.0909 e. The molecule has 0 aliphatic carbocycles. The van der Waals surface area contributed by atoms with Crippen molar-refractivity contribution in [2.45, 2.75) is 17.9 Å². The third kappa shape index (κ3) is 3.24. The van der Waals surface area contributed by atoms with Crippen molar-refractivity contribution in [1.29, 1.82) is 0 Å². The molecule has 2 atom stereocenters. The third-order valence-corrected chi connectivity index (χ3v) is 4.10.